The quantitative estimate of drug-likeness (QED) is 0.858. The molecule has 104 valence electrons. The summed E-state index contributed by atoms with van der Waals surface area (Å²) in [6.45, 7) is 2.46. The van der Waals surface area contributed by atoms with Crippen LogP contribution >= 0.6 is 12.2 Å². The molecule has 0 aliphatic rings. The van der Waals surface area contributed by atoms with Gasteiger partial charge in [-0.05, 0) is 42.3 Å². The first-order chi connectivity index (χ1) is 9.60. The van der Waals surface area contributed by atoms with Crippen LogP contribution in [0.4, 0.5) is 0 Å². The van der Waals surface area contributed by atoms with Crippen molar-refractivity contribution in [2.75, 3.05) is 7.11 Å². The van der Waals surface area contributed by atoms with Crippen molar-refractivity contribution in [2.45, 2.75) is 13.5 Å². The first-order valence-corrected chi connectivity index (χ1v) is 6.67. The summed E-state index contributed by atoms with van der Waals surface area (Å²) in [7, 11) is 1.65. The summed E-state index contributed by atoms with van der Waals surface area (Å²) in [5, 5.41) is 0. The monoisotopic (exact) mass is 287 g/mol. The first kappa shape index (κ1) is 14.3. The Bertz CT molecular complexity index is 608. The Morgan fingerprint density at radius 3 is 2.45 bits per heavy atom. The van der Waals surface area contributed by atoms with E-state index in [-0.39, 0.29) is 0 Å². The van der Waals surface area contributed by atoms with Gasteiger partial charge in [0.15, 0.2) is 0 Å². The number of rotatable bonds is 5. The highest BCUT2D eigenvalue weighted by Gasteiger charge is 2.07. The number of aryl methyl sites for hydroxylation is 1. The Hall–Kier alpha value is -2.07. The zero-order valence-corrected chi connectivity index (χ0v) is 12.4. The largest absolute Gasteiger partial charge is 0.497 e. The Kier molecular flexibility index (Phi) is 4.58. The minimum Gasteiger partial charge on any atom is -0.497 e. The third-order valence-electron chi connectivity index (χ3n) is 2.96. The lowest BCUT2D eigenvalue weighted by atomic mass is 10.1. The molecule has 0 saturated heterocycles. The van der Waals surface area contributed by atoms with Crippen LogP contribution in [-0.2, 0) is 6.61 Å². The molecule has 0 amide bonds. The van der Waals surface area contributed by atoms with E-state index in [9.17, 15) is 0 Å². The van der Waals surface area contributed by atoms with Crippen molar-refractivity contribution in [1.82, 2.24) is 0 Å². The smallest absolute Gasteiger partial charge is 0.130 e. The molecule has 0 bridgehead atoms. The van der Waals surface area contributed by atoms with E-state index in [1.54, 1.807) is 7.11 Å². The van der Waals surface area contributed by atoms with Crippen molar-refractivity contribution < 1.29 is 9.47 Å². The Labute approximate surface area is 124 Å². The maximum absolute atomic E-state index is 5.83. The normalized spacial score (nSPS) is 10.1. The van der Waals surface area contributed by atoms with Crippen LogP contribution in [0.2, 0.25) is 0 Å². The van der Waals surface area contributed by atoms with E-state index >= 15 is 0 Å². The minimum atomic E-state index is 0.342. The minimum absolute atomic E-state index is 0.342. The predicted octanol–water partition coefficient (Wildman–Crippen LogP) is 3.22. The lowest BCUT2D eigenvalue weighted by Crippen LogP contribution is -2.11. The highest BCUT2D eigenvalue weighted by Crippen LogP contribution is 2.22. The number of ether oxygens (including phenoxy) is 2. The number of nitrogens with two attached hydrogens (primary N) is 1. The fraction of sp³-hybridized carbons (Fsp3) is 0.188. The van der Waals surface area contributed by atoms with Gasteiger partial charge in [0.2, 0.25) is 0 Å². The van der Waals surface area contributed by atoms with Crippen molar-refractivity contribution in [3.63, 3.8) is 0 Å². The topological polar surface area (TPSA) is 44.5 Å². The third kappa shape index (κ3) is 3.48. The van der Waals surface area contributed by atoms with E-state index in [2.05, 4.69) is 0 Å². The summed E-state index contributed by atoms with van der Waals surface area (Å²) in [5.41, 5.74) is 8.63. The number of methoxy groups -OCH3 is 1. The van der Waals surface area contributed by atoms with E-state index < -0.39 is 0 Å². The molecule has 0 aliphatic carbocycles. The molecule has 20 heavy (non-hydrogen) atoms. The maximum Gasteiger partial charge on any atom is 0.130 e. The van der Waals surface area contributed by atoms with Gasteiger partial charge in [-0.25, -0.2) is 0 Å². The third-order valence-corrected chi connectivity index (χ3v) is 3.18. The fourth-order valence-electron chi connectivity index (χ4n) is 1.84. The fourth-order valence-corrected chi connectivity index (χ4v) is 2.00. The van der Waals surface area contributed by atoms with Gasteiger partial charge in [-0.15, -0.1) is 0 Å². The van der Waals surface area contributed by atoms with Crippen molar-refractivity contribution >= 4 is 17.2 Å². The van der Waals surface area contributed by atoms with Gasteiger partial charge in [0.05, 0.1) is 12.7 Å². The molecule has 0 radical (unpaired) electrons. The molecular formula is C16H17NO2S. The molecular weight excluding hydrogens is 270 g/mol. The zero-order valence-electron chi connectivity index (χ0n) is 11.6. The summed E-state index contributed by atoms with van der Waals surface area (Å²) in [6, 6.07) is 13.5. The molecule has 3 nitrogen and oxygen atoms in total. The molecule has 0 heterocycles. The lowest BCUT2D eigenvalue weighted by molar-refractivity contribution is 0.305. The number of thiocarbonyl (C=S) groups is 1. The zero-order chi connectivity index (χ0) is 14.5. The Morgan fingerprint density at radius 1 is 1.15 bits per heavy atom. The maximum atomic E-state index is 5.83. The molecule has 0 unspecified atom stereocenters. The van der Waals surface area contributed by atoms with Gasteiger partial charge >= 0.3 is 0 Å². The highest BCUT2D eigenvalue weighted by atomic mass is 32.1. The molecule has 0 saturated carbocycles. The second-order valence-electron chi connectivity index (χ2n) is 4.50. The average molecular weight is 287 g/mol. The van der Waals surface area contributed by atoms with Crippen LogP contribution in [0.25, 0.3) is 0 Å². The predicted molar refractivity (Wildman–Crippen MR) is 84.4 cm³/mol. The van der Waals surface area contributed by atoms with Crippen LogP contribution in [0, 0.1) is 6.92 Å². The molecule has 2 N–H and O–H groups in total. The molecule has 0 aliphatic heterocycles. The van der Waals surface area contributed by atoms with Crippen molar-refractivity contribution in [2.24, 2.45) is 5.73 Å². The van der Waals surface area contributed by atoms with Gasteiger partial charge in [0, 0.05) is 0 Å². The first-order valence-electron chi connectivity index (χ1n) is 6.26. The van der Waals surface area contributed by atoms with E-state index in [1.165, 1.54) is 0 Å². The van der Waals surface area contributed by atoms with Crippen LogP contribution in [0.15, 0.2) is 42.5 Å². The number of hydrogen-bond acceptors (Lipinski definition) is 3. The van der Waals surface area contributed by atoms with Crippen LogP contribution < -0.4 is 15.2 Å². The molecule has 0 spiro atoms. The molecule has 0 atom stereocenters. The average Bonchev–Trinajstić information content (AvgIpc) is 2.45. The number of benzene rings is 2. The van der Waals surface area contributed by atoms with Crippen LogP contribution in [0.1, 0.15) is 16.7 Å². The van der Waals surface area contributed by atoms with Gasteiger partial charge < -0.3 is 15.2 Å². The lowest BCUT2D eigenvalue weighted by Gasteiger charge is -2.12. The van der Waals surface area contributed by atoms with Gasteiger partial charge in [-0.2, -0.15) is 0 Å². The van der Waals surface area contributed by atoms with E-state index in [0.29, 0.717) is 17.3 Å². The van der Waals surface area contributed by atoms with Crippen molar-refractivity contribution in [1.29, 1.82) is 0 Å². The van der Waals surface area contributed by atoms with E-state index in [0.717, 1.165) is 22.4 Å². The van der Waals surface area contributed by atoms with Crippen LogP contribution in [0.5, 0.6) is 11.5 Å². The summed E-state index contributed by atoms with van der Waals surface area (Å²) < 4.78 is 11.0. The molecule has 0 fully saturated rings. The second-order valence-corrected chi connectivity index (χ2v) is 4.94. The molecule has 4 heteroatoms. The standard InChI is InChI=1S/C16H17NO2S/c1-11-3-8-14(16(17)20)15(9-11)19-10-12-4-6-13(18-2)7-5-12/h3-9H,10H2,1-2H3,(H2,17,20). The molecule has 2 aromatic carbocycles. The van der Waals surface area contributed by atoms with E-state index in [4.69, 9.17) is 27.4 Å². The van der Waals surface area contributed by atoms with Crippen molar-refractivity contribution in [3.05, 3.63) is 59.2 Å². The Balaban J connectivity index is 2.13. The second kappa shape index (κ2) is 6.39. The summed E-state index contributed by atoms with van der Waals surface area (Å²) in [5.74, 6) is 1.54. The van der Waals surface area contributed by atoms with Crippen LogP contribution in [-0.4, -0.2) is 12.1 Å². The van der Waals surface area contributed by atoms with Gasteiger partial charge in [0.1, 0.15) is 23.1 Å². The van der Waals surface area contributed by atoms with Gasteiger partial charge in [-0.1, -0.05) is 30.4 Å². The molecule has 2 aromatic rings. The summed E-state index contributed by atoms with van der Waals surface area (Å²) in [4.78, 5) is 0.342. The highest BCUT2D eigenvalue weighted by molar-refractivity contribution is 7.80. The van der Waals surface area contributed by atoms with Gasteiger partial charge in [0.25, 0.3) is 0 Å². The molecule has 2 rings (SSSR count). The summed E-state index contributed by atoms with van der Waals surface area (Å²) in [6.07, 6.45) is 0. The van der Waals surface area contributed by atoms with E-state index in [1.807, 2.05) is 49.4 Å². The van der Waals surface area contributed by atoms with Crippen LogP contribution in [0.3, 0.4) is 0 Å². The SMILES string of the molecule is COc1ccc(COc2cc(C)ccc2C(N)=S)cc1. The van der Waals surface area contributed by atoms with Crippen molar-refractivity contribution in [3.8, 4) is 11.5 Å². The summed E-state index contributed by atoms with van der Waals surface area (Å²) >= 11 is 5.04. The number of hydrogen-bond donors (Lipinski definition) is 1. The van der Waals surface area contributed by atoms with Gasteiger partial charge in [-0.3, -0.25) is 0 Å². The molecule has 0 aromatic heterocycles. The Morgan fingerprint density at radius 2 is 1.85 bits per heavy atom.